The summed E-state index contributed by atoms with van der Waals surface area (Å²) in [4.78, 5) is 30.8. The molecule has 0 fully saturated rings. The maximum Gasteiger partial charge on any atom is 0.279 e. The highest BCUT2D eigenvalue weighted by atomic mass is 16.6. The molecule has 6 nitrogen and oxygen atoms in total. The smallest absolute Gasteiger partial charge is 0.279 e. The number of hydrogen-bond donors (Lipinski definition) is 2. The number of carbonyl (C=O) groups is 1. The van der Waals surface area contributed by atoms with Crippen molar-refractivity contribution in [2.45, 2.75) is 0 Å². The minimum Gasteiger partial charge on any atom is -0.478 e. The van der Waals surface area contributed by atoms with Gasteiger partial charge in [0.25, 0.3) is 5.91 Å². The quantitative estimate of drug-likeness (QED) is 0.658. The van der Waals surface area contributed by atoms with Gasteiger partial charge in [0.1, 0.15) is 12.2 Å². The van der Waals surface area contributed by atoms with Crippen molar-refractivity contribution in [3.63, 3.8) is 0 Å². The topological polar surface area (TPSA) is 80.4 Å². The molecule has 1 aliphatic heterocycles. The molecule has 1 aliphatic rings. The van der Waals surface area contributed by atoms with Gasteiger partial charge in [-0.25, -0.2) is 10.3 Å². The first-order valence-corrected chi connectivity index (χ1v) is 6.27. The third-order valence-corrected chi connectivity index (χ3v) is 3.26. The molecule has 0 saturated carbocycles. The third kappa shape index (κ3) is 2.23. The van der Waals surface area contributed by atoms with Crippen molar-refractivity contribution < 1.29 is 19.2 Å². The highest BCUT2D eigenvalue weighted by molar-refractivity contribution is 6.08. The second kappa shape index (κ2) is 5.28. The van der Waals surface area contributed by atoms with Crippen LogP contribution in [-0.2, 0) is 19.2 Å². The number of benzene rings is 1. The summed E-state index contributed by atoms with van der Waals surface area (Å²) < 4.78 is 5.23. The van der Waals surface area contributed by atoms with Crippen LogP contribution >= 0.6 is 0 Å². The minimum atomic E-state index is -0.540. The highest BCUT2D eigenvalue weighted by Gasteiger charge is 2.30. The molecule has 0 spiro atoms. The van der Waals surface area contributed by atoms with Crippen molar-refractivity contribution in [1.82, 2.24) is 10.5 Å². The lowest BCUT2D eigenvalue weighted by atomic mass is 10.1. The van der Waals surface area contributed by atoms with Crippen LogP contribution in [0.5, 0.6) is 0 Å². The van der Waals surface area contributed by atoms with Gasteiger partial charge in [-0.3, -0.25) is 9.63 Å². The van der Waals surface area contributed by atoms with Crippen LogP contribution in [0.15, 0.2) is 41.7 Å². The Morgan fingerprint density at radius 1 is 1.43 bits per heavy atom. The van der Waals surface area contributed by atoms with Crippen molar-refractivity contribution in [3.8, 4) is 0 Å². The molecule has 2 aromatic rings. The number of ether oxygens (including phenoxy) is 1. The zero-order valence-electron chi connectivity index (χ0n) is 11.2. The van der Waals surface area contributed by atoms with E-state index in [9.17, 15) is 9.59 Å². The molecule has 0 aliphatic carbocycles. The van der Waals surface area contributed by atoms with Gasteiger partial charge in [-0.05, 0) is 17.5 Å². The number of para-hydroxylation sites is 1. The summed E-state index contributed by atoms with van der Waals surface area (Å²) in [6.07, 6.45) is 0. The van der Waals surface area contributed by atoms with E-state index in [1.54, 1.807) is 5.94 Å². The molecule has 0 unspecified atom stereocenters. The van der Waals surface area contributed by atoms with Gasteiger partial charge in [0.05, 0.1) is 7.11 Å². The van der Waals surface area contributed by atoms with E-state index in [4.69, 9.17) is 4.74 Å². The van der Waals surface area contributed by atoms with Crippen LogP contribution in [0, 0.1) is 0 Å². The monoisotopic (exact) mass is 284 g/mol. The van der Waals surface area contributed by atoms with Gasteiger partial charge in [0.15, 0.2) is 5.94 Å². The lowest BCUT2D eigenvalue weighted by Gasteiger charge is -2.03. The van der Waals surface area contributed by atoms with E-state index >= 15 is 0 Å². The Bertz CT molecular complexity index is 764. The first-order valence-electron chi connectivity index (χ1n) is 6.27. The SMILES string of the molecule is CONC(=O)C1=C(c2cc3ccccc3[nH]2)COC1=C=O. The summed E-state index contributed by atoms with van der Waals surface area (Å²) in [7, 11) is 1.32. The second-order valence-electron chi connectivity index (χ2n) is 4.48. The standard InChI is InChI=1S/C15H12N2O4/c1-20-17-15(19)14-10(8-21-13(14)7-18)12-6-9-4-2-3-5-11(9)16-12/h2-6,16H,8H2,1H3,(H,17,19). The van der Waals surface area contributed by atoms with Crippen LogP contribution in [0.1, 0.15) is 5.69 Å². The van der Waals surface area contributed by atoms with Crippen molar-refractivity contribution in [2.24, 2.45) is 0 Å². The molecule has 106 valence electrons. The van der Waals surface area contributed by atoms with E-state index in [2.05, 4.69) is 15.3 Å². The number of aromatic amines is 1. The second-order valence-corrected chi connectivity index (χ2v) is 4.48. The Hall–Kier alpha value is -2.82. The fraction of sp³-hybridized carbons (Fsp3) is 0.133. The molecule has 1 aromatic heterocycles. The van der Waals surface area contributed by atoms with E-state index in [1.165, 1.54) is 7.11 Å². The van der Waals surface area contributed by atoms with Crippen LogP contribution in [0.3, 0.4) is 0 Å². The molecule has 2 heterocycles. The van der Waals surface area contributed by atoms with Gasteiger partial charge in [-0.15, -0.1) is 0 Å². The van der Waals surface area contributed by atoms with Gasteiger partial charge in [-0.2, -0.15) is 0 Å². The van der Waals surface area contributed by atoms with Crippen molar-refractivity contribution in [1.29, 1.82) is 0 Å². The number of hydroxylamine groups is 1. The summed E-state index contributed by atoms with van der Waals surface area (Å²) in [6, 6.07) is 9.63. The number of hydrogen-bond acceptors (Lipinski definition) is 4. The number of carbonyl (C=O) groups excluding carboxylic acids is 2. The predicted molar refractivity (Wildman–Crippen MR) is 75.5 cm³/mol. The molecule has 6 heteroatoms. The molecule has 21 heavy (non-hydrogen) atoms. The Morgan fingerprint density at radius 3 is 2.95 bits per heavy atom. The predicted octanol–water partition coefficient (Wildman–Crippen LogP) is 1.34. The summed E-state index contributed by atoms with van der Waals surface area (Å²) in [6.45, 7) is 0.129. The normalized spacial score (nSPS) is 14.2. The summed E-state index contributed by atoms with van der Waals surface area (Å²) in [5.41, 5.74) is 4.59. The average molecular weight is 284 g/mol. The minimum absolute atomic E-state index is 0.113. The molecule has 1 aromatic carbocycles. The Morgan fingerprint density at radius 2 is 2.24 bits per heavy atom. The van der Waals surface area contributed by atoms with Gasteiger partial charge in [0, 0.05) is 16.8 Å². The zero-order chi connectivity index (χ0) is 14.8. The zero-order valence-corrected chi connectivity index (χ0v) is 11.2. The van der Waals surface area contributed by atoms with Crippen LogP contribution < -0.4 is 5.48 Å². The molecule has 0 atom stereocenters. The number of fused-ring (bicyclic) bond motifs is 1. The van der Waals surface area contributed by atoms with Gasteiger partial charge in [-0.1, -0.05) is 18.2 Å². The first-order chi connectivity index (χ1) is 10.2. The fourth-order valence-electron chi connectivity index (χ4n) is 2.34. The van der Waals surface area contributed by atoms with Crippen LogP contribution in [0.4, 0.5) is 0 Å². The number of amides is 1. The molecular formula is C15H12N2O4. The maximum atomic E-state index is 12.0. The summed E-state index contributed by atoms with van der Waals surface area (Å²) in [5.74, 6) is 0.991. The number of aromatic nitrogens is 1. The highest BCUT2D eigenvalue weighted by Crippen LogP contribution is 2.32. The number of nitrogens with one attached hydrogen (secondary N) is 2. The van der Waals surface area contributed by atoms with Crippen molar-refractivity contribution >= 4 is 28.3 Å². The molecular weight excluding hydrogens is 272 g/mol. The summed E-state index contributed by atoms with van der Waals surface area (Å²) in [5, 5.41) is 1.01. The van der Waals surface area contributed by atoms with E-state index < -0.39 is 5.91 Å². The lowest BCUT2D eigenvalue weighted by Crippen LogP contribution is -2.24. The third-order valence-electron chi connectivity index (χ3n) is 3.26. The van der Waals surface area contributed by atoms with E-state index in [1.807, 2.05) is 30.3 Å². The lowest BCUT2D eigenvalue weighted by molar-refractivity contribution is -0.127. The largest absolute Gasteiger partial charge is 0.478 e. The molecule has 3 rings (SSSR count). The molecule has 0 bridgehead atoms. The van der Waals surface area contributed by atoms with Crippen molar-refractivity contribution in [2.75, 3.05) is 13.7 Å². The summed E-state index contributed by atoms with van der Waals surface area (Å²) >= 11 is 0. The van der Waals surface area contributed by atoms with E-state index in [0.717, 1.165) is 16.6 Å². The maximum absolute atomic E-state index is 12.0. The first kappa shape index (κ1) is 13.2. The van der Waals surface area contributed by atoms with Crippen LogP contribution in [0.2, 0.25) is 0 Å². The molecule has 0 radical (unpaired) electrons. The van der Waals surface area contributed by atoms with Gasteiger partial charge in [0.2, 0.25) is 5.76 Å². The van der Waals surface area contributed by atoms with Crippen molar-refractivity contribution in [3.05, 3.63) is 47.4 Å². The van der Waals surface area contributed by atoms with Gasteiger partial charge < -0.3 is 9.72 Å². The van der Waals surface area contributed by atoms with Gasteiger partial charge >= 0.3 is 0 Å². The molecule has 1 amide bonds. The average Bonchev–Trinajstić information content (AvgIpc) is 3.10. The fourth-order valence-corrected chi connectivity index (χ4v) is 2.34. The van der Waals surface area contributed by atoms with Crippen LogP contribution in [0.25, 0.3) is 16.5 Å². The Kier molecular flexibility index (Phi) is 3.31. The molecule has 0 saturated heterocycles. The van der Waals surface area contributed by atoms with E-state index in [0.29, 0.717) is 5.57 Å². The molecule has 2 N–H and O–H groups in total. The Balaban J connectivity index is 2.14. The number of rotatable bonds is 3. The number of H-pyrrole nitrogens is 1. The van der Waals surface area contributed by atoms with Crippen LogP contribution in [-0.4, -0.2) is 30.5 Å². The Labute approximate surface area is 120 Å². The van der Waals surface area contributed by atoms with E-state index in [-0.39, 0.29) is 17.9 Å².